The molecule has 5 atom stereocenters. The average Bonchev–Trinajstić information content (AvgIpc) is 2.87. The summed E-state index contributed by atoms with van der Waals surface area (Å²) in [4.78, 5) is 0. The SMILES string of the molecule is C=C1C[C@H]2C[C@@H](O)[C@H](CC[C@@H](O)CCCCC)[C@H]2CC/C=C\C=C1O. The lowest BCUT2D eigenvalue weighted by atomic mass is 9.79. The van der Waals surface area contributed by atoms with Gasteiger partial charge in [0.15, 0.2) is 0 Å². The molecule has 0 aromatic carbocycles. The van der Waals surface area contributed by atoms with Crippen LogP contribution in [-0.2, 0) is 0 Å². The summed E-state index contributed by atoms with van der Waals surface area (Å²) in [6, 6.07) is 0. The molecule has 0 aliphatic heterocycles. The van der Waals surface area contributed by atoms with E-state index in [1.54, 1.807) is 6.08 Å². The van der Waals surface area contributed by atoms with Gasteiger partial charge >= 0.3 is 0 Å². The first-order valence-electron chi connectivity index (χ1n) is 10.1. The molecule has 1 fully saturated rings. The minimum absolute atomic E-state index is 0.237. The van der Waals surface area contributed by atoms with Gasteiger partial charge < -0.3 is 15.3 Å². The first kappa shape index (κ1) is 20.3. The average molecular weight is 349 g/mol. The highest BCUT2D eigenvalue weighted by Crippen LogP contribution is 2.46. The second-order valence-corrected chi connectivity index (χ2v) is 7.98. The van der Waals surface area contributed by atoms with Gasteiger partial charge in [-0.15, -0.1) is 0 Å². The molecule has 2 aliphatic carbocycles. The molecule has 3 heteroatoms. The molecule has 25 heavy (non-hydrogen) atoms. The van der Waals surface area contributed by atoms with E-state index in [9.17, 15) is 15.3 Å². The summed E-state index contributed by atoms with van der Waals surface area (Å²) in [5, 5.41) is 30.9. The Balaban J connectivity index is 1.94. The molecule has 2 aliphatic rings. The van der Waals surface area contributed by atoms with E-state index in [-0.39, 0.29) is 23.9 Å². The van der Waals surface area contributed by atoms with Gasteiger partial charge in [-0.1, -0.05) is 44.9 Å². The van der Waals surface area contributed by atoms with Gasteiger partial charge in [-0.3, -0.25) is 0 Å². The van der Waals surface area contributed by atoms with E-state index in [1.807, 2.05) is 6.08 Å². The lowest BCUT2D eigenvalue weighted by molar-refractivity contribution is 0.0859. The zero-order valence-corrected chi connectivity index (χ0v) is 15.7. The standard InChI is InChI=1S/C22H36O3/c1-3-4-6-9-18(23)12-13-20-19-10-7-5-8-11-21(24)16(2)14-17(19)15-22(20)25/h5,8,11,17-20,22-25H,2-4,6-7,9-10,12-15H2,1H3/b8-5-,21-11?/t17-,18-,19-,20+,22+/m0/s1. The summed E-state index contributed by atoms with van der Waals surface area (Å²) in [7, 11) is 0. The number of hydrogen-bond acceptors (Lipinski definition) is 3. The summed E-state index contributed by atoms with van der Waals surface area (Å²) in [5.74, 6) is 1.36. The van der Waals surface area contributed by atoms with E-state index in [4.69, 9.17) is 0 Å². The summed E-state index contributed by atoms with van der Waals surface area (Å²) < 4.78 is 0. The van der Waals surface area contributed by atoms with Crippen LogP contribution < -0.4 is 0 Å². The fraction of sp³-hybridized carbons (Fsp3) is 0.727. The zero-order valence-electron chi connectivity index (χ0n) is 15.7. The lowest BCUT2D eigenvalue weighted by Crippen LogP contribution is -2.23. The van der Waals surface area contributed by atoms with Crippen molar-refractivity contribution in [2.45, 2.75) is 83.3 Å². The molecular formula is C22H36O3. The van der Waals surface area contributed by atoms with Crippen LogP contribution in [0, 0.1) is 17.8 Å². The van der Waals surface area contributed by atoms with Crippen LogP contribution in [-0.4, -0.2) is 27.5 Å². The molecule has 0 aromatic heterocycles. The maximum atomic E-state index is 10.6. The molecule has 0 aromatic rings. The molecule has 3 nitrogen and oxygen atoms in total. The molecule has 2 rings (SSSR count). The predicted molar refractivity (Wildman–Crippen MR) is 103 cm³/mol. The highest BCUT2D eigenvalue weighted by molar-refractivity contribution is 5.26. The van der Waals surface area contributed by atoms with Crippen molar-refractivity contribution in [1.82, 2.24) is 0 Å². The van der Waals surface area contributed by atoms with E-state index < -0.39 is 0 Å². The Bertz CT molecular complexity index is 480. The number of allylic oxidation sites excluding steroid dienone is 4. The van der Waals surface area contributed by atoms with Crippen molar-refractivity contribution in [1.29, 1.82) is 0 Å². The number of unbranched alkanes of at least 4 members (excludes halogenated alkanes) is 2. The Morgan fingerprint density at radius 3 is 2.84 bits per heavy atom. The summed E-state index contributed by atoms with van der Waals surface area (Å²) in [6.45, 7) is 6.20. The van der Waals surface area contributed by atoms with E-state index in [2.05, 4.69) is 19.6 Å². The Hall–Kier alpha value is -1.06. The summed E-state index contributed by atoms with van der Waals surface area (Å²) in [6.07, 6.45) is 14.8. The first-order valence-corrected chi connectivity index (χ1v) is 10.1. The van der Waals surface area contributed by atoms with E-state index in [0.29, 0.717) is 11.8 Å². The molecule has 0 radical (unpaired) electrons. The van der Waals surface area contributed by atoms with Gasteiger partial charge in [-0.25, -0.2) is 0 Å². The monoisotopic (exact) mass is 348 g/mol. The van der Waals surface area contributed by atoms with Crippen molar-refractivity contribution in [2.75, 3.05) is 0 Å². The third-order valence-electron chi connectivity index (χ3n) is 6.10. The molecule has 142 valence electrons. The van der Waals surface area contributed by atoms with E-state index >= 15 is 0 Å². The van der Waals surface area contributed by atoms with E-state index in [1.165, 1.54) is 12.8 Å². The van der Waals surface area contributed by atoms with Gasteiger partial charge in [-0.05, 0) is 74.3 Å². The molecule has 0 heterocycles. The number of hydrogen-bond donors (Lipinski definition) is 3. The number of aliphatic hydroxyl groups is 3. The Kier molecular flexibility index (Phi) is 8.25. The number of rotatable bonds is 7. The predicted octanol–water partition coefficient (Wildman–Crippen LogP) is 5.06. The lowest BCUT2D eigenvalue weighted by Gasteiger charge is -2.27. The molecule has 0 bridgehead atoms. The molecule has 3 N–H and O–H groups in total. The van der Waals surface area contributed by atoms with Crippen LogP contribution in [0.2, 0.25) is 0 Å². The third kappa shape index (κ3) is 6.00. The highest BCUT2D eigenvalue weighted by atomic mass is 16.3. The van der Waals surface area contributed by atoms with Gasteiger partial charge in [-0.2, -0.15) is 0 Å². The number of aliphatic hydroxyl groups excluding tert-OH is 3. The van der Waals surface area contributed by atoms with Crippen molar-refractivity contribution in [3.8, 4) is 0 Å². The van der Waals surface area contributed by atoms with Crippen molar-refractivity contribution >= 4 is 0 Å². The minimum Gasteiger partial charge on any atom is -0.508 e. The topological polar surface area (TPSA) is 60.7 Å². The maximum absolute atomic E-state index is 10.6. The summed E-state index contributed by atoms with van der Waals surface area (Å²) >= 11 is 0. The fourth-order valence-electron chi connectivity index (χ4n) is 4.63. The first-order chi connectivity index (χ1) is 12.0. The van der Waals surface area contributed by atoms with Crippen LogP contribution in [0.25, 0.3) is 0 Å². The maximum Gasteiger partial charge on any atom is 0.118 e. The zero-order chi connectivity index (χ0) is 18.2. The van der Waals surface area contributed by atoms with Crippen LogP contribution >= 0.6 is 0 Å². The normalized spacial score (nSPS) is 32.8. The second-order valence-electron chi connectivity index (χ2n) is 7.98. The quantitative estimate of drug-likeness (QED) is 0.564. The molecule has 0 amide bonds. The number of fused-ring (bicyclic) bond motifs is 1. The van der Waals surface area contributed by atoms with E-state index in [0.717, 1.165) is 56.9 Å². The second kappa shape index (κ2) is 10.2. The van der Waals surface area contributed by atoms with Gasteiger partial charge in [0.25, 0.3) is 0 Å². The van der Waals surface area contributed by atoms with Gasteiger partial charge in [0, 0.05) is 0 Å². The third-order valence-corrected chi connectivity index (χ3v) is 6.10. The van der Waals surface area contributed by atoms with Crippen LogP contribution in [0.1, 0.15) is 71.1 Å². The summed E-state index contributed by atoms with van der Waals surface area (Å²) in [5.41, 5.74) is 0.772. The molecule has 0 saturated heterocycles. The van der Waals surface area contributed by atoms with Gasteiger partial charge in [0.1, 0.15) is 5.76 Å². The fourth-order valence-corrected chi connectivity index (χ4v) is 4.63. The van der Waals surface area contributed by atoms with Crippen LogP contribution in [0.15, 0.2) is 36.1 Å². The highest BCUT2D eigenvalue weighted by Gasteiger charge is 2.41. The Labute approximate surface area is 153 Å². The Morgan fingerprint density at radius 1 is 1.28 bits per heavy atom. The van der Waals surface area contributed by atoms with Gasteiger partial charge in [0.05, 0.1) is 12.2 Å². The van der Waals surface area contributed by atoms with Crippen molar-refractivity contribution in [3.05, 3.63) is 36.1 Å². The minimum atomic E-state index is -0.290. The van der Waals surface area contributed by atoms with Crippen molar-refractivity contribution in [3.63, 3.8) is 0 Å². The molecule has 1 saturated carbocycles. The Morgan fingerprint density at radius 2 is 2.08 bits per heavy atom. The van der Waals surface area contributed by atoms with Crippen molar-refractivity contribution in [2.24, 2.45) is 17.8 Å². The molecular weight excluding hydrogens is 312 g/mol. The van der Waals surface area contributed by atoms with Crippen LogP contribution in [0.3, 0.4) is 0 Å². The largest absolute Gasteiger partial charge is 0.508 e. The van der Waals surface area contributed by atoms with Crippen LogP contribution in [0.5, 0.6) is 0 Å². The van der Waals surface area contributed by atoms with Crippen molar-refractivity contribution < 1.29 is 15.3 Å². The smallest absolute Gasteiger partial charge is 0.118 e. The molecule has 0 spiro atoms. The van der Waals surface area contributed by atoms with Gasteiger partial charge in [0.2, 0.25) is 0 Å². The van der Waals surface area contributed by atoms with Crippen LogP contribution in [0.4, 0.5) is 0 Å². The molecule has 0 unspecified atom stereocenters.